The summed E-state index contributed by atoms with van der Waals surface area (Å²) >= 11 is 0. The minimum atomic E-state index is 0.831. The Morgan fingerprint density at radius 3 is 2.82 bits per heavy atom. The van der Waals surface area contributed by atoms with Crippen LogP contribution in [0.3, 0.4) is 0 Å². The van der Waals surface area contributed by atoms with Crippen molar-refractivity contribution in [1.29, 1.82) is 0 Å². The van der Waals surface area contributed by atoms with Gasteiger partial charge in [-0.3, -0.25) is 0 Å². The number of benzene rings is 1. The van der Waals surface area contributed by atoms with Gasteiger partial charge in [-0.25, -0.2) is 0 Å². The number of rotatable bonds is 5. The van der Waals surface area contributed by atoms with Gasteiger partial charge in [-0.1, -0.05) is 6.07 Å². The molecule has 1 aliphatic heterocycles. The number of likely N-dealkylation sites (tertiary alicyclic amines) is 1. The number of hydrogen-bond donors (Lipinski definition) is 2. The third-order valence-electron chi connectivity index (χ3n) is 3.43. The first kappa shape index (κ1) is 12.2. The van der Waals surface area contributed by atoms with Crippen LogP contribution in [0, 0.1) is 6.92 Å². The number of anilines is 2. The highest BCUT2D eigenvalue weighted by molar-refractivity contribution is 5.59. The molecule has 1 aliphatic rings. The van der Waals surface area contributed by atoms with Crippen LogP contribution in [0.15, 0.2) is 18.2 Å². The zero-order valence-corrected chi connectivity index (χ0v) is 10.7. The lowest BCUT2D eigenvalue weighted by atomic mass is 10.2. The maximum absolute atomic E-state index is 5.78. The highest BCUT2D eigenvalue weighted by atomic mass is 15.1. The fourth-order valence-electron chi connectivity index (χ4n) is 2.36. The van der Waals surface area contributed by atoms with Gasteiger partial charge in [0.05, 0.1) is 0 Å². The van der Waals surface area contributed by atoms with Crippen LogP contribution >= 0.6 is 0 Å². The molecule has 0 amide bonds. The van der Waals surface area contributed by atoms with E-state index >= 15 is 0 Å². The summed E-state index contributed by atoms with van der Waals surface area (Å²) in [4.78, 5) is 2.55. The van der Waals surface area contributed by atoms with Crippen molar-refractivity contribution in [2.24, 2.45) is 0 Å². The molecule has 1 fully saturated rings. The Hall–Kier alpha value is -1.22. The van der Waals surface area contributed by atoms with E-state index in [0.29, 0.717) is 0 Å². The van der Waals surface area contributed by atoms with E-state index in [0.717, 1.165) is 12.2 Å². The van der Waals surface area contributed by atoms with E-state index in [1.807, 2.05) is 12.1 Å². The van der Waals surface area contributed by atoms with Gasteiger partial charge in [0.1, 0.15) is 0 Å². The Labute approximate surface area is 104 Å². The van der Waals surface area contributed by atoms with Gasteiger partial charge < -0.3 is 16.0 Å². The van der Waals surface area contributed by atoms with Crippen molar-refractivity contribution < 1.29 is 0 Å². The van der Waals surface area contributed by atoms with Crippen molar-refractivity contribution in [2.75, 3.05) is 37.2 Å². The quantitative estimate of drug-likeness (QED) is 0.606. The Kier molecular flexibility index (Phi) is 4.26. The Morgan fingerprint density at radius 2 is 2.06 bits per heavy atom. The van der Waals surface area contributed by atoms with Gasteiger partial charge >= 0.3 is 0 Å². The Balaban J connectivity index is 1.72. The number of nitrogen functional groups attached to an aromatic ring is 1. The summed E-state index contributed by atoms with van der Waals surface area (Å²) in [6, 6.07) is 6.04. The van der Waals surface area contributed by atoms with E-state index in [9.17, 15) is 0 Å². The van der Waals surface area contributed by atoms with Crippen molar-refractivity contribution in [3.8, 4) is 0 Å². The number of hydrogen-bond acceptors (Lipinski definition) is 3. The maximum Gasteiger partial charge on any atom is 0.0390 e. The molecule has 1 saturated heterocycles. The zero-order valence-electron chi connectivity index (χ0n) is 10.7. The summed E-state index contributed by atoms with van der Waals surface area (Å²) < 4.78 is 0. The molecule has 2 rings (SSSR count). The molecule has 1 aromatic rings. The lowest BCUT2D eigenvalue weighted by Crippen LogP contribution is -2.22. The van der Waals surface area contributed by atoms with E-state index in [4.69, 9.17) is 5.73 Å². The summed E-state index contributed by atoms with van der Waals surface area (Å²) in [7, 11) is 0. The van der Waals surface area contributed by atoms with Crippen molar-refractivity contribution in [2.45, 2.75) is 26.2 Å². The number of nitrogens with two attached hydrogens (primary N) is 1. The first-order chi connectivity index (χ1) is 8.25. The Bertz CT molecular complexity index is 356. The lowest BCUT2D eigenvalue weighted by Gasteiger charge is -2.15. The highest BCUT2D eigenvalue weighted by Gasteiger charge is 2.10. The summed E-state index contributed by atoms with van der Waals surface area (Å²) in [5, 5.41) is 3.47. The lowest BCUT2D eigenvalue weighted by molar-refractivity contribution is 0.337. The zero-order chi connectivity index (χ0) is 12.1. The molecule has 94 valence electrons. The first-order valence-corrected chi connectivity index (χ1v) is 6.58. The molecule has 1 aromatic carbocycles. The summed E-state index contributed by atoms with van der Waals surface area (Å²) in [5.41, 5.74) is 9.05. The molecule has 0 radical (unpaired) electrons. The van der Waals surface area contributed by atoms with Gasteiger partial charge in [0, 0.05) is 17.9 Å². The minimum Gasteiger partial charge on any atom is -0.399 e. The molecule has 0 unspecified atom stereocenters. The van der Waals surface area contributed by atoms with E-state index in [1.54, 1.807) is 0 Å². The monoisotopic (exact) mass is 233 g/mol. The number of nitrogens with one attached hydrogen (secondary N) is 1. The van der Waals surface area contributed by atoms with Crippen molar-refractivity contribution >= 4 is 11.4 Å². The van der Waals surface area contributed by atoms with Gasteiger partial charge in [0.25, 0.3) is 0 Å². The van der Waals surface area contributed by atoms with Crippen molar-refractivity contribution in [3.63, 3.8) is 0 Å². The number of nitrogens with zero attached hydrogens (tertiary/aromatic N) is 1. The average Bonchev–Trinajstić information content (AvgIpc) is 2.82. The minimum absolute atomic E-state index is 0.831. The fraction of sp³-hybridized carbons (Fsp3) is 0.571. The predicted octanol–water partition coefficient (Wildman–Crippen LogP) is 2.48. The Morgan fingerprint density at radius 1 is 1.29 bits per heavy atom. The molecule has 0 bridgehead atoms. The second-order valence-corrected chi connectivity index (χ2v) is 4.90. The fourth-order valence-corrected chi connectivity index (χ4v) is 2.36. The molecule has 17 heavy (non-hydrogen) atoms. The van der Waals surface area contributed by atoms with Crippen LogP contribution in [-0.2, 0) is 0 Å². The molecule has 0 aliphatic carbocycles. The van der Waals surface area contributed by atoms with Crippen LogP contribution in [0.25, 0.3) is 0 Å². The maximum atomic E-state index is 5.78. The van der Waals surface area contributed by atoms with E-state index in [2.05, 4.69) is 23.2 Å². The summed E-state index contributed by atoms with van der Waals surface area (Å²) in [6.07, 6.45) is 3.96. The molecular weight excluding hydrogens is 210 g/mol. The third kappa shape index (κ3) is 3.63. The second kappa shape index (κ2) is 5.92. The number of aryl methyl sites for hydroxylation is 1. The molecule has 0 spiro atoms. The van der Waals surface area contributed by atoms with E-state index < -0.39 is 0 Å². The van der Waals surface area contributed by atoms with Crippen molar-refractivity contribution in [3.05, 3.63) is 23.8 Å². The van der Waals surface area contributed by atoms with Crippen LogP contribution in [0.2, 0.25) is 0 Å². The van der Waals surface area contributed by atoms with Gasteiger partial charge in [-0.05, 0) is 63.5 Å². The van der Waals surface area contributed by atoms with Crippen LogP contribution in [0.4, 0.5) is 11.4 Å². The van der Waals surface area contributed by atoms with Crippen LogP contribution in [0.5, 0.6) is 0 Å². The SMILES string of the molecule is Cc1ccc(N)cc1NCCCN1CCCC1. The van der Waals surface area contributed by atoms with Gasteiger partial charge in [0.2, 0.25) is 0 Å². The molecule has 0 saturated carbocycles. The van der Waals surface area contributed by atoms with Crippen molar-refractivity contribution in [1.82, 2.24) is 4.90 Å². The molecule has 3 nitrogen and oxygen atoms in total. The smallest absolute Gasteiger partial charge is 0.0390 e. The second-order valence-electron chi connectivity index (χ2n) is 4.90. The summed E-state index contributed by atoms with van der Waals surface area (Å²) in [6.45, 7) is 6.94. The van der Waals surface area contributed by atoms with Crippen LogP contribution in [-0.4, -0.2) is 31.1 Å². The molecule has 3 N–H and O–H groups in total. The highest BCUT2D eigenvalue weighted by Crippen LogP contribution is 2.18. The van der Waals surface area contributed by atoms with Crippen LogP contribution in [0.1, 0.15) is 24.8 Å². The molecular formula is C14H23N3. The topological polar surface area (TPSA) is 41.3 Å². The molecule has 1 heterocycles. The normalized spacial score (nSPS) is 16.3. The first-order valence-electron chi connectivity index (χ1n) is 6.58. The predicted molar refractivity (Wildman–Crippen MR) is 74.4 cm³/mol. The third-order valence-corrected chi connectivity index (χ3v) is 3.43. The standard InChI is InChI=1S/C14H23N3/c1-12-5-6-13(15)11-14(12)16-7-4-10-17-8-2-3-9-17/h5-6,11,16H,2-4,7-10,15H2,1H3. The summed E-state index contributed by atoms with van der Waals surface area (Å²) in [5.74, 6) is 0. The van der Waals surface area contributed by atoms with E-state index in [1.165, 1.54) is 50.1 Å². The largest absolute Gasteiger partial charge is 0.399 e. The van der Waals surface area contributed by atoms with Crippen LogP contribution < -0.4 is 11.1 Å². The average molecular weight is 233 g/mol. The van der Waals surface area contributed by atoms with Gasteiger partial charge in [-0.2, -0.15) is 0 Å². The van der Waals surface area contributed by atoms with E-state index in [-0.39, 0.29) is 0 Å². The van der Waals surface area contributed by atoms with Gasteiger partial charge in [0.15, 0.2) is 0 Å². The molecule has 0 atom stereocenters. The van der Waals surface area contributed by atoms with Gasteiger partial charge in [-0.15, -0.1) is 0 Å². The molecule has 0 aromatic heterocycles. The molecule has 3 heteroatoms.